The molecule has 0 spiro atoms. The van der Waals surface area contributed by atoms with Gasteiger partial charge in [-0.2, -0.15) is 0 Å². The summed E-state index contributed by atoms with van der Waals surface area (Å²) in [7, 11) is 1.69. The minimum Gasteiger partial charge on any atom is -0.504 e. The van der Waals surface area contributed by atoms with Gasteiger partial charge in [0.2, 0.25) is 5.89 Å². The highest BCUT2D eigenvalue weighted by Gasteiger charge is 2.11. The molecule has 1 heterocycles. The first-order chi connectivity index (χ1) is 14.6. The van der Waals surface area contributed by atoms with Gasteiger partial charge in [0.25, 0.3) is 0 Å². The van der Waals surface area contributed by atoms with Crippen LogP contribution in [0.25, 0.3) is 22.8 Å². The average Bonchev–Trinajstić information content (AvgIpc) is 3.26. The smallest absolute Gasteiger partial charge is 0.226 e. The highest BCUT2D eigenvalue weighted by atomic mass is 16.5. The van der Waals surface area contributed by atoms with Crippen molar-refractivity contribution in [2.45, 2.75) is 6.42 Å². The lowest BCUT2D eigenvalue weighted by molar-refractivity contribution is 0.202. The number of benzene rings is 3. The van der Waals surface area contributed by atoms with Crippen LogP contribution in [0.15, 0.2) is 77.3 Å². The molecule has 0 saturated carbocycles. The predicted octanol–water partition coefficient (Wildman–Crippen LogP) is 5.40. The molecule has 4 rings (SSSR count). The minimum atomic E-state index is -0.222. The van der Waals surface area contributed by atoms with E-state index in [4.69, 9.17) is 13.9 Å². The molecule has 0 fully saturated rings. The quantitative estimate of drug-likeness (QED) is 0.402. The number of rotatable bonds is 7. The van der Waals surface area contributed by atoms with Crippen molar-refractivity contribution < 1.29 is 24.1 Å². The van der Waals surface area contributed by atoms with Crippen molar-refractivity contribution in [2.75, 3.05) is 13.7 Å². The van der Waals surface area contributed by atoms with E-state index in [0.29, 0.717) is 29.6 Å². The van der Waals surface area contributed by atoms with E-state index in [-0.39, 0.29) is 11.5 Å². The SMILES string of the molecule is COCCc1ccc(Oc2ccc(-c3cnc(-c4ccc(O)c(O)c4)o3)cc2)cc1. The zero-order valence-corrected chi connectivity index (χ0v) is 16.4. The van der Waals surface area contributed by atoms with Gasteiger partial charge in [0.15, 0.2) is 17.3 Å². The maximum Gasteiger partial charge on any atom is 0.226 e. The lowest BCUT2D eigenvalue weighted by Crippen LogP contribution is -1.94. The molecule has 6 heteroatoms. The summed E-state index contributed by atoms with van der Waals surface area (Å²) in [6, 6.07) is 19.9. The van der Waals surface area contributed by atoms with Crippen molar-refractivity contribution in [1.82, 2.24) is 4.98 Å². The van der Waals surface area contributed by atoms with Crippen LogP contribution >= 0.6 is 0 Å². The molecule has 2 N–H and O–H groups in total. The second kappa shape index (κ2) is 8.71. The molecule has 152 valence electrons. The van der Waals surface area contributed by atoms with Gasteiger partial charge in [-0.3, -0.25) is 0 Å². The zero-order valence-electron chi connectivity index (χ0n) is 16.4. The molecule has 0 amide bonds. The summed E-state index contributed by atoms with van der Waals surface area (Å²) >= 11 is 0. The summed E-state index contributed by atoms with van der Waals surface area (Å²) in [6.07, 6.45) is 2.49. The summed E-state index contributed by atoms with van der Waals surface area (Å²) < 4.78 is 16.8. The fraction of sp³-hybridized carbons (Fsp3) is 0.125. The molecule has 0 atom stereocenters. The van der Waals surface area contributed by atoms with Gasteiger partial charge in [-0.1, -0.05) is 12.1 Å². The first kappa shape index (κ1) is 19.5. The van der Waals surface area contributed by atoms with E-state index >= 15 is 0 Å². The second-order valence-electron chi connectivity index (χ2n) is 6.75. The number of hydrogen-bond donors (Lipinski definition) is 2. The Hall–Kier alpha value is -3.77. The highest BCUT2D eigenvalue weighted by Crippen LogP contribution is 2.32. The van der Waals surface area contributed by atoms with E-state index in [0.717, 1.165) is 17.7 Å². The molecule has 0 aliphatic heterocycles. The van der Waals surface area contributed by atoms with Gasteiger partial charge in [0, 0.05) is 18.2 Å². The van der Waals surface area contributed by atoms with Crippen LogP contribution in [0.1, 0.15) is 5.56 Å². The van der Waals surface area contributed by atoms with Gasteiger partial charge in [-0.25, -0.2) is 4.98 Å². The van der Waals surface area contributed by atoms with Crippen molar-refractivity contribution in [2.24, 2.45) is 0 Å². The molecule has 0 aliphatic carbocycles. The predicted molar refractivity (Wildman–Crippen MR) is 113 cm³/mol. The lowest BCUT2D eigenvalue weighted by atomic mass is 10.1. The number of methoxy groups -OCH3 is 1. The molecule has 0 unspecified atom stereocenters. The molecular weight excluding hydrogens is 382 g/mol. The van der Waals surface area contributed by atoms with Gasteiger partial charge in [0.05, 0.1) is 12.8 Å². The first-order valence-corrected chi connectivity index (χ1v) is 9.47. The Balaban J connectivity index is 1.45. The molecule has 6 nitrogen and oxygen atoms in total. The number of phenolic OH excluding ortho intramolecular Hbond substituents is 2. The molecule has 3 aromatic carbocycles. The third-order valence-corrected chi connectivity index (χ3v) is 4.62. The van der Waals surface area contributed by atoms with Crippen LogP contribution in [0.4, 0.5) is 0 Å². The second-order valence-corrected chi connectivity index (χ2v) is 6.75. The molecule has 0 saturated heterocycles. The van der Waals surface area contributed by atoms with Crippen LogP contribution in [0.2, 0.25) is 0 Å². The first-order valence-electron chi connectivity index (χ1n) is 9.47. The van der Waals surface area contributed by atoms with Crippen molar-refractivity contribution in [1.29, 1.82) is 0 Å². The van der Waals surface area contributed by atoms with Crippen LogP contribution < -0.4 is 4.74 Å². The van der Waals surface area contributed by atoms with Gasteiger partial charge in [0.1, 0.15) is 11.5 Å². The highest BCUT2D eigenvalue weighted by molar-refractivity contribution is 5.63. The van der Waals surface area contributed by atoms with Crippen molar-refractivity contribution >= 4 is 0 Å². The normalized spacial score (nSPS) is 10.8. The lowest BCUT2D eigenvalue weighted by Gasteiger charge is -2.07. The van der Waals surface area contributed by atoms with Crippen molar-refractivity contribution in [3.63, 3.8) is 0 Å². The van der Waals surface area contributed by atoms with Crippen LogP contribution in [0.3, 0.4) is 0 Å². The van der Waals surface area contributed by atoms with Gasteiger partial charge in [-0.15, -0.1) is 0 Å². The fourth-order valence-corrected chi connectivity index (χ4v) is 2.96. The Morgan fingerprint density at radius 2 is 1.50 bits per heavy atom. The Bertz CT molecular complexity index is 1120. The Morgan fingerprint density at radius 1 is 0.833 bits per heavy atom. The molecule has 1 aromatic heterocycles. The maximum atomic E-state index is 9.65. The van der Waals surface area contributed by atoms with E-state index in [9.17, 15) is 10.2 Å². The van der Waals surface area contributed by atoms with Crippen LogP contribution in [-0.4, -0.2) is 28.9 Å². The van der Waals surface area contributed by atoms with E-state index in [1.54, 1.807) is 19.4 Å². The number of hydrogen-bond acceptors (Lipinski definition) is 6. The zero-order chi connectivity index (χ0) is 20.9. The monoisotopic (exact) mass is 403 g/mol. The van der Waals surface area contributed by atoms with Crippen LogP contribution in [-0.2, 0) is 11.2 Å². The molecule has 30 heavy (non-hydrogen) atoms. The number of nitrogens with zero attached hydrogens (tertiary/aromatic N) is 1. The van der Waals surface area contributed by atoms with E-state index in [2.05, 4.69) is 4.98 Å². The maximum absolute atomic E-state index is 9.65. The topological polar surface area (TPSA) is 85.0 Å². The minimum absolute atomic E-state index is 0.189. The Kier molecular flexibility index (Phi) is 5.68. The number of aromatic nitrogens is 1. The number of phenols is 2. The number of oxazole rings is 1. The van der Waals surface area contributed by atoms with E-state index < -0.39 is 0 Å². The van der Waals surface area contributed by atoms with Gasteiger partial charge in [-0.05, 0) is 66.6 Å². The summed E-state index contributed by atoms with van der Waals surface area (Å²) in [4.78, 5) is 4.25. The fourth-order valence-electron chi connectivity index (χ4n) is 2.96. The molecule has 0 bridgehead atoms. The number of aromatic hydroxyl groups is 2. The van der Waals surface area contributed by atoms with E-state index in [1.807, 2.05) is 48.5 Å². The van der Waals surface area contributed by atoms with Crippen molar-refractivity contribution in [3.8, 4) is 45.8 Å². The third kappa shape index (κ3) is 4.45. The summed E-state index contributed by atoms with van der Waals surface area (Å²) in [5, 5.41) is 19.1. The molecule has 4 aromatic rings. The summed E-state index contributed by atoms with van der Waals surface area (Å²) in [5.41, 5.74) is 2.62. The van der Waals surface area contributed by atoms with E-state index in [1.165, 1.54) is 17.7 Å². The summed E-state index contributed by atoms with van der Waals surface area (Å²) in [6.45, 7) is 0.693. The van der Waals surface area contributed by atoms with Gasteiger partial charge >= 0.3 is 0 Å². The Morgan fingerprint density at radius 3 is 2.17 bits per heavy atom. The Labute approximate surface area is 174 Å². The summed E-state index contributed by atoms with van der Waals surface area (Å²) in [5.74, 6) is 2.01. The molecule has 0 radical (unpaired) electrons. The number of ether oxygens (including phenoxy) is 2. The third-order valence-electron chi connectivity index (χ3n) is 4.62. The van der Waals surface area contributed by atoms with Gasteiger partial charge < -0.3 is 24.1 Å². The molecular formula is C24H21NO5. The average molecular weight is 403 g/mol. The van der Waals surface area contributed by atoms with Crippen LogP contribution in [0.5, 0.6) is 23.0 Å². The largest absolute Gasteiger partial charge is 0.504 e. The molecule has 0 aliphatic rings. The van der Waals surface area contributed by atoms with Crippen molar-refractivity contribution in [3.05, 3.63) is 78.5 Å². The van der Waals surface area contributed by atoms with Crippen LogP contribution in [0, 0.1) is 0 Å². The standard InChI is InChI=1S/C24H21NO5/c1-28-13-12-16-2-7-19(8-3-16)29-20-9-4-17(5-10-20)23-15-25-24(30-23)18-6-11-21(26)22(27)14-18/h2-11,14-15,26-27H,12-13H2,1H3.